The fourth-order valence-electron chi connectivity index (χ4n) is 1.58. The van der Waals surface area contributed by atoms with Crippen molar-refractivity contribution in [2.24, 2.45) is 0 Å². The molecule has 88 valence electrons. The van der Waals surface area contributed by atoms with Crippen molar-refractivity contribution in [1.29, 1.82) is 0 Å². The fraction of sp³-hybridized carbons (Fsp3) is 0.0769. The van der Waals surface area contributed by atoms with E-state index in [1.54, 1.807) is 31.4 Å². The van der Waals surface area contributed by atoms with E-state index in [9.17, 15) is 0 Å². The van der Waals surface area contributed by atoms with Gasteiger partial charge in [-0.15, -0.1) is 0 Å². The molecule has 0 aliphatic carbocycles. The maximum absolute atomic E-state index is 6.19. The Bertz CT molecular complexity index is 532. The zero-order valence-corrected chi connectivity index (χ0v) is 11.3. The van der Waals surface area contributed by atoms with Crippen molar-refractivity contribution in [2.45, 2.75) is 0 Å². The summed E-state index contributed by atoms with van der Waals surface area (Å²) in [6.45, 7) is 0. The van der Waals surface area contributed by atoms with Gasteiger partial charge in [-0.25, -0.2) is 0 Å². The Kier molecular flexibility index (Phi) is 3.82. The molecule has 0 aliphatic heterocycles. The molecule has 0 bridgehead atoms. The summed E-state index contributed by atoms with van der Waals surface area (Å²) in [7, 11) is 1.59. The van der Waals surface area contributed by atoms with Crippen LogP contribution >= 0.6 is 34.8 Å². The lowest BCUT2D eigenvalue weighted by Crippen LogP contribution is -1.86. The molecule has 2 aromatic carbocycles. The summed E-state index contributed by atoms with van der Waals surface area (Å²) in [5.74, 6) is 0.696. The minimum Gasteiger partial charge on any atom is -0.497 e. The molecule has 0 unspecified atom stereocenters. The van der Waals surface area contributed by atoms with E-state index in [2.05, 4.69) is 0 Å². The topological polar surface area (TPSA) is 9.23 Å². The number of hydrogen-bond acceptors (Lipinski definition) is 1. The third kappa shape index (κ3) is 2.52. The Morgan fingerprint density at radius 2 is 1.53 bits per heavy atom. The van der Waals surface area contributed by atoms with Gasteiger partial charge in [-0.2, -0.15) is 0 Å². The van der Waals surface area contributed by atoms with Gasteiger partial charge in [0, 0.05) is 21.2 Å². The third-order valence-corrected chi connectivity index (χ3v) is 3.35. The third-order valence-electron chi connectivity index (χ3n) is 2.41. The number of ether oxygens (including phenoxy) is 1. The second kappa shape index (κ2) is 5.18. The highest BCUT2D eigenvalue weighted by atomic mass is 35.5. The summed E-state index contributed by atoms with van der Waals surface area (Å²) in [5.41, 5.74) is 1.53. The quantitative estimate of drug-likeness (QED) is 0.726. The normalized spacial score (nSPS) is 10.4. The van der Waals surface area contributed by atoms with E-state index in [1.807, 2.05) is 12.1 Å². The van der Waals surface area contributed by atoms with Crippen LogP contribution in [0.5, 0.6) is 5.75 Å². The monoisotopic (exact) mass is 286 g/mol. The van der Waals surface area contributed by atoms with Gasteiger partial charge < -0.3 is 4.74 Å². The van der Waals surface area contributed by atoms with Crippen LogP contribution in [0.4, 0.5) is 0 Å². The van der Waals surface area contributed by atoms with Gasteiger partial charge in [0.2, 0.25) is 0 Å². The second-order valence-corrected chi connectivity index (χ2v) is 4.66. The van der Waals surface area contributed by atoms with Crippen LogP contribution in [0.25, 0.3) is 11.1 Å². The minimum atomic E-state index is 0.555. The van der Waals surface area contributed by atoms with Crippen molar-refractivity contribution in [3.8, 4) is 16.9 Å². The first-order valence-corrected chi connectivity index (χ1v) is 6.05. The molecule has 0 N–H and O–H groups in total. The molecule has 0 amide bonds. The average Bonchev–Trinajstić information content (AvgIpc) is 2.30. The van der Waals surface area contributed by atoms with E-state index < -0.39 is 0 Å². The molecule has 1 nitrogen and oxygen atoms in total. The fourth-order valence-corrected chi connectivity index (χ4v) is 2.45. The van der Waals surface area contributed by atoms with Crippen LogP contribution < -0.4 is 4.74 Å². The molecule has 0 saturated heterocycles. The van der Waals surface area contributed by atoms with Crippen molar-refractivity contribution in [3.63, 3.8) is 0 Å². The number of methoxy groups -OCH3 is 1. The van der Waals surface area contributed by atoms with Crippen LogP contribution in [0.2, 0.25) is 15.1 Å². The molecule has 0 spiro atoms. The van der Waals surface area contributed by atoms with E-state index >= 15 is 0 Å². The van der Waals surface area contributed by atoms with Crippen LogP contribution in [-0.2, 0) is 0 Å². The number of hydrogen-bond donors (Lipinski definition) is 0. The predicted octanol–water partition coefficient (Wildman–Crippen LogP) is 5.32. The maximum atomic E-state index is 6.19. The summed E-state index contributed by atoms with van der Waals surface area (Å²) < 4.78 is 5.10. The van der Waals surface area contributed by atoms with Crippen LogP contribution in [0.1, 0.15) is 0 Å². The highest BCUT2D eigenvalue weighted by molar-refractivity contribution is 6.41. The SMILES string of the molecule is COc1ccc(-c2c(Cl)cccc2Cl)c(Cl)c1. The zero-order chi connectivity index (χ0) is 12.4. The van der Waals surface area contributed by atoms with Gasteiger partial charge >= 0.3 is 0 Å². The lowest BCUT2D eigenvalue weighted by molar-refractivity contribution is 0.415. The molecule has 0 saturated carbocycles. The van der Waals surface area contributed by atoms with E-state index in [-0.39, 0.29) is 0 Å². The number of benzene rings is 2. The molecular formula is C13H9Cl3O. The summed E-state index contributed by atoms with van der Waals surface area (Å²) >= 11 is 18.5. The van der Waals surface area contributed by atoms with E-state index in [4.69, 9.17) is 39.5 Å². The smallest absolute Gasteiger partial charge is 0.120 e. The van der Waals surface area contributed by atoms with Crippen LogP contribution in [0.15, 0.2) is 36.4 Å². The summed E-state index contributed by atoms with van der Waals surface area (Å²) in [5, 5.41) is 1.70. The minimum absolute atomic E-state index is 0.555. The highest BCUT2D eigenvalue weighted by Crippen LogP contribution is 2.39. The summed E-state index contributed by atoms with van der Waals surface area (Å²) in [6.07, 6.45) is 0. The largest absolute Gasteiger partial charge is 0.497 e. The molecule has 0 radical (unpaired) electrons. The van der Waals surface area contributed by atoms with Gasteiger partial charge in [0.15, 0.2) is 0 Å². The summed E-state index contributed by atoms with van der Waals surface area (Å²) in [6, 6.07) is 10.8. The van der Waals surface area contributed by atoms with Crippen molar-refractivity contribution < 1.29 is 4.74 Å². The maximum Gasteiger partial charge on any atom is 0.120 e. The first kappa shape index (κ1) is 12.6. The molecule has 0 aliphatic rings. The molecule has 0 aromatic heterocycles. The Labute approximate surface area is 115 Å². The zero-order valence-electron chi connectivity index (χ0n) is 9.01. The van der Waals surface area contributed by atoms with E-state index in [0.717, 1.165) is 11.1 Å². The number of rotatable bonds is 2. The Hall–Kier alpha value is -0.890. The Morgan fingerprint density at radius 3 is 2.06 bits per heavy atom. The molecule has 0 heterocycles. The predicted molar refractivity (Wildman–Crippen MR) is 73.5 cm³/mol. The first-order chi connectivity index (χ1) is 8.13. The highest BCUT2D eigenvalue weighted by Gasteiger charge is 2.12. The average molecular weight is 288 g/mol. The molecule has 4 heteroatoms. The van der Waals surface area contributed by atoms with Gasteiger partial charge in [0.05, 0.1) is 12.1 Å². The van der Waals surface area contributed by atoms with Crippen LogP contribution in [-0.4, -0.2) is 7.11 Å². The molecule has 0 fully saturated rings. The number of halogens is 3. The van der Waals surface area contributed by atoms with Crippen molar-refractivity contribution in [3.05, 3.63) is 51.5 Å². The molecule has 2 rings (SSSR count). The molecule has 0 atom stereocenters. The lowest BCUT2D eigenvalue weighted by atomic mass is 10.1. The van der Waals surface area contributed by atoms with Gasteiger partial charge in [-0.3, -0.25) is 0 Å². The second-order valence-electron chi connectivity index (χ2n) is 3.44. The van der Waals surface area contributed by atoms with E-state index in [0.29, 0.717) is 20.8 Å². The van der Waals surface area contributed by atoms with Gasteiger partial charge in [0.1, 0.15) is 5.75 Å². The van der Waals surface area contributed by atoms with Gasteiger partial charge in [-0.05, 0) is 30.3 Å². The Balaban J connectivity index is 2.61. The lowest BCUT2D eigenvalue weighted by Gasteiger charge is -2.10. The Morgan fingerprint density at radius 1 is 0.882 bits per heavy atom. The van der Waals surface area contributed by atoms with E-state index in [1.165, 1.54) is 0 Å². The van der Waals surface area contributed by atoms with Gasteiger partial charge in [0.25, 0.3) is 0 Å². The van der Waals surface area contributed by atoms with Crippen molar-refractivity contribution in [2.75, 3.05) is 7.11 Å². The van der Waals surface area contributed by atoms with Crippen molar-refractivity contribution >= 4 is 34.8 Å². The molecule has 2 aromatic rings. The first-order valence-electron chi connectivity index (χ1n) is 4.91. The molecular weight excluding hydrogens is 279 g/mol. The van der Waals surface area contributed by atoms with Gasteiger partial charge in [-0.1, -0.05) is 40.9 Å². The summed E-state index contributed by atoms with van der Waals surface area (Å²) in [4.78, 5) is 0. The van der Waals surface area contributed by atoms with Crippen molar-refractivity contribution in [1.82, 2.24) is 0 Å². The van der Waals surface area contributed by atoms with Crippen LogP contribution in [0, 0.1) is 0 Å². The van der Waals surface area contributed by atoms with Crippen LogP contribution in [0.3, 0.4) is 0 Å². The molecule has 17 heavy (non-hydrogen) atoms. The standard InChI is InChI=1S/C13H9Cl3O/c1-17-8-5-6-9(12(16)7-8)13-10(14)3-2-4-11(13)15/h2-7H,1H3.